The molecule has 1 amide bonds. The lowest BCUT2D eigenvalue weighted by atomic mass is 10.1. The zero-order valence-corrected chi connectivity index (χ0v) is 17.5. The van der Waals surface area contributed by atoms with Gasteiger partial charge in [-0.2, -0.15) is 5.11 Å². The maximum Gasteiger partial charge on any atom is 0.230 e. The van der Waals surface area contributed by atoms with Crippen LogP contribution in [0.25, 0.3) is 11.3 Å². The molecule has 0 atom stereocenters. The first-order chi connectivity index (χ1) is 13.7. The van der Waals surface area contributed by atoms with Crippen LogP contribution in [0.5, 0.6) is 0 Å². The van der Waals surface area contributed by atoms with Crippen molar-refractivity contribution in [2.24, 2.45) is 10.2 Å². The molecule has 1 aromatic heterocycles. The van der Waals surface area contributed by atoms with E-state index in [9.17, 15) is 4.79 Å². The van der Waals surface area contributed by atoms with Crippen LogP contribution in [0.3, 0.4) is 0 Å². The summed E-state index contributed by atoms with van der Waals surface area (Å²) in [5.41, 5.74) is 3.76. The van der Waals surface area contributed by atoms with Gasteiger partial charge in [0.25, 0.3) is 0 Å². The second-order valence-electron chi connectivity index (χ2n) is 6.14. The molecule has 0 fully saturated rings. The topological polar surface area (TPSA) is 66.7 Å². The number of carbonyl (C=O) groups excluding carboxylic acids is 1. The minimum absolute atomic E-state index is 0.0368. The Kier molecular flexibility index (Phi) is 7.33. The fourth-order valence-corrected chi connectivity index (χ4v) is 3.60. The highest BCUT2D eigenvalue weighted by atomic mass is 32.2. The SMILES string of the molecule is CCCC(=O)Nc1ccc(-c2csc(N=NCc3ccc(SC)cc3)n2)cc1. The normalized spacial score (nSPS) is 11.1. The van der Waals surface area contributed by atoms with Crippen molar-refractivity contribution in [3.63, 3.8) is 0 Å². The number of rotatable bonds is 8. The number of benzene rings is 2. The molecule has 0 aliphatic carbocycles. The third-order valence-electron chi connectivity index (χ3n) is 4.00. The zero-order valence-electron chi connectivity index (χ0n) is 15.9. The predicted octanol–water partition coefficient (Wildman–Crippen LogP) is 6.55. The number of hydrogen-bond donors (Lipinski definition) is 1. The van der Waals surface area contributed by atoms with Crippen LogP contribution < -0.4 is 5.32 Å². The maximum atomic E-state index is 11.7. The van der Waals surface area contributed by atoms with E-state index >= 15 is 0 Å². The number of thioether (sulfide) groups is 1. The number of aromatic nitrogens is 1. The quantitative estimate of drug-likeness (QED) is 0.338. The molecule has 1 heterocycles. The molecule has 3 aromatic rings. The molecule has 0 bridgehead atoms. The summed E-state index contributed by atoms with van der Waals surface area (Å²) in [5.74, 6) is 0.0368. The lowest BCUT2D eigenvalue weighted by Crippen LogP contribution is -2.10. The van der Waals surface area contributed by atoms with Crippen molar-refractivity contribution in [1.82, 2.24) is 4.98 Å². The number of carbonyl (C=O) groups is 1. The van der Waals surface area contributed by atoms with Crippen LogP contribution >= 0.6 is 23.1 Å². The number of anilines is 1. The highest BCUT2D eigenvalue weighted by Gasteiger charge is 2.05. The van der Waals surface area contributed by atoms with E-state index in [0.717, 1.165) is 28.9 Å². The number of nitrogens with one attached hydrogen (secondary N) is 1. The van der Waals surface area contributed by atoms with Gasteiger partial charge in [-0.05, 0) is 42.5 Å². The average molecular weight is 411 g/mol. The Hall–Kier alpha value is -2.51. The molecule has 144 valence electrons. The van der Waals surface area contributed by atoms with E-state index < -0.39 is 0 Å². The Morgan fingerprint density at radius 1 is 1.14 bits per heavy atom. The van der Waals surface area contributed by atoms with E-state index in [2.05, 4.69) is 51.1 Å². The molecular formula is C21H22N4OS2. The number of thiazole rings is 1. The number of nitrogens with zero attached hydrogens (tertiary/aromatic N) is 3. The Labute approximate surface area is 173 Å². The van der Waals surface area contributed by atoms with Gasteiger partial charge in [0.15, 0.2) is 0 Å². The Morgan fingerprint density at radius 2 is 1.89 bits per heavy atom. The smallest absolute Gasteiger partial charge is 0.230 e. The lowest BCUT2D eigenvalue weighted by molar-refractivity contribution is -0.116. The van der Waals surface area contributed by atoms with Gasteiger partial charge in [0.2, 0.25) is 11.0 Å². The highest BCUT2D eigenvalue weighted by Crippen LogP contribution is 2.28. The highest BCUT2D eigenvalue weighted by molar-refractivity contribution is 7.98. The van der Waals surface area contributed by atoms with Gasteiger partial charge in [-0.3, -0.25) is 4.79 Å². The van der Waals surface area contributed by atoms with E-state index in [0.29, 0.717) is 18.1 Å². The molecule has 0 saturated carbocycles. The number of amides is 1. The van der Waals surface area contributed by atoms with Crippen molar-refractivity contribution < 1.29 is 4.79 Å². The molecule has 3 rings (SSSR count). The second-order valence-corrected chi connectivity index (χ2v) is 7.85. The van der Waals surface area contributed by atoms with Crippen molar-refractivity contribution in [2.45, 2.75) is 31.2 Å². The molecule has 28 heavy (non-hydrogen) atoms. The number of hydrogen-bond acceptors (Lipinski definition) is 6. The number of azo groups is 1. The van der Waals surface area contributed by atoms with Gasteiger partial charge >= 0.3 is 0 Å². The monoisotopic (exact) mass is 410 g/mol. The van der Waals surface area contributed by atoms with Gasteiger partial charge < -0.3 is 5.32 Å². The molecule has 0 radical (unpaired) electrons. The molecule has 7 heteroatoms. The van der Waals surface area contributed by atoms with Crippen molar-refractivity contribution in [3.05, 3.63) is 59.5 Å². The van der Waals surface area contributed by atoms with Gasteiger partial charge in [0, 0.05) is 27.9 Å². The molecule has 0 spiro atoms. The molecule has 1 N–H and O–H groups in total. The van der Waals surface area contributed by atoms with Crippen molar-refractivity contribution in [1.29, 1.82) is 0 Å². The zero-order chi connectivity index (χ0) is 19.8. The van der Waals surface area contributed by atoms with Crippen LogP contribution in [-0.4, -0.2) is 17.1 Å². The van der Waals surface area contributed by atoms with Crippen LogP contribution in [-0.2, 0) is 11.3 Å². The minimum atomic E-state index is 0.0368. The summed E-state index contributed by atoms with van der Waals surface area (Å²) in [6.45, 7) is 2.52. The second kappa shape index (κ2) is 10.1. The van der Waals surface area contributed by atoms with Gasteiger partial charge in [-0.15, -0.1) is 28.2 Å². The summed E-state index contributed by atoms with van der Waals surface area (Å²) < 4.78 is 0. The molecular weight excluding hydrogens is 388 g/mol. The van der Waals surface area contributed by atoms with E-state index in [-0.39, 0.29) is 5.91 Å². The third kappa shape index (κ3) is 5.74. The Morgan fingerprint density at radius 3 is 2.57 bits per heavy atom. The fourth-order valence-electron chi connectivity index (χ4n) is 2.53. The van der Waals surface area contributed by atoms with Crippen molar-refractivity contribution >= 4 is 39.8 Å². The van der Waals surface area contributed by atoms with E-state index in [4.69, 9.17) is 0 Å². The average Bonchev–Trinajstić information content (AvgIpc) is 3.18. The molecule has 5 nitrogen and oxygen atoms in total. The summed E-state index contributed by atoms with van der Waals surface area (Å²) in [4.78, 5) is 17.4. The van der Waals surface area contributed by atoms with E-state index in [1.54, 1.807) is 11.8 Å². The molecule has 2 aromatic carbocycles. The Bertz CT molecular complexity index is 934. The van der Waals surface area contributed by atoms with E-state index in [1.165, 1.54) is 16.2 Å². The molecule has 0 aliphatic rings. The maximum absolute atomic E-state index is 11.7. The van der Waals surface area contributed by atoms with Gasteiger partial charge in [0.1, 0.15) is 0 Å². The summed E-state index contributed by atoms with van der Waals surface area (Å²) in [5, 5.41) is 14.0. The minimum Gasteiger partial charge on any atom is -0.326 e. The lowest BCUT2D eigenvalue weighted by Gasteiger charge is -2.04. The summed E-state index contributed by atoms with van der Waals surface area (Å²) >= 11 is 3.18. The summed E-state index contributed by atoms with van der Waals surface area (Å²) in [7, 11) is 0. The van der Waals surface area contributed by atoms with Crippen molar-refractivity contribution in [3.8, 4) is 11.3 Å². The van der Waals surface area contributed by atoms with Gasteiger partial charge in [-0.1, -0.05) is 31.2 Å². The first-order valence-electron chi connectivity index (χ1n) is 9.04. The Balaban J connectivity index is 1.59. The first kappa shape index (κ1) is 20.2. The van der Waals surface area contributed by atoms with Crippen LogP contribution in [0, 0.1) is 0 Å². The molecule has 0 saturated heterocycles. The first-order valence-corrected chi connectivity index (χ1v) is 11.1. The fraction of sp³-hybridized carbons (Fsp3) is 0.238. The van der Waals surface area contributed by atoms with E-state index in [1.807, 2.05) is 36.6 Å². The van der Waals surface area contributed by atoms with Crippen molar-refractivity contribution in [2.75, 3.05) is 11.6 Å². The standard InChI is InChI=1S/C21H22N4OS2/c1-3-4-20(26)23-17-9-7-16(8-10-17)19-14-28-21(24-19)25-22-13-15-5-11-18(27-2)12-6-15/h5-12,14H,3-4,13H2,1-2H3,(H,23,26). The van der Waals surface area contributed by atoms with Gasteiger partial charge in [-0.25, -0.2) is 4.98 Å². The largest absolute Gasteiger partial charge is 0.326 e. The van der Waals surface area contributed by atoms with Crippen LogP contribution in [0.15, 0.2) is 69.0 Å². The van der Waals surface area contributed by atoms with Gasteiger partial charge in [0.05, 0.1) is 12.2 Å². The molecule has 0 unspecified atom stereocenters. The third-order valence-corrected chi connectivity index (χ3v) is 5.47. The predicted molar refractivity (Wildman–Crippen MR) is 118 cm³/mol. The van der Waals surface area contributed by atoms with Crippen LogP contribution in [0.4, 0.5) is 10.8 Å². The van der Waals surface area contributed by atoms with Crippen LogP contribution in [0.2, 0.25) is 0 Å². The van der Waals surface area contributed by atoms with Crippen LogP contribution in [0.1, 0.15) is 25.3 Å². The molecule has 0 aliphatic heterocycles. The summed E-state index contributed by atoms with van der Waals surface area (Å²) in [6, 6.07) is 16.0. The summed E-state index contributed by atoms with van der Waals surface area (Å²) in [6.07, 6.45) is 3.43.